The first-order chi connectivity index (χ1) is 11.5. The highest BCUT2D eigenvalue weighted by Crippen LogP contribution is 2.26. The lowest BCUT2D eigenvalue weighted by molar-refractivity contribution is -0.115. The Kier molecular flexibility index (Phi) is 4.57. The minimum Gasteiger partial charge on any atom is -0.343 e. The summed E-state index contributed by atoms with van der Waals surface area (Å²) in [7, 11) is 0. The van der Waals surface area contributed by atoms with Crippen LogP contribution in [0.1, 0.15) is 21.5 Å². The fourth-order valence-corrected chi connectivity index (χ4v) is 3.31. The number of fused-ring (bicyclic) bond motifs is 1. The zero-order valence-electron chi connectivity index (χ0n) is 13.4. The molecule has 0 radical (unpaired) electrons. The number of thiazole rings is 1. The van der Waals surface area contributed by atoms with Gasteiger partial charge in [0.2, 0.25) is 5.91 Å². The summed E-state index contributed by atoms with van der Waals surface area (Å²) in [5.41, 5.74) is 3.44. The summed E-state index contributed by atoms with van der Waals surface area (Å²) in [4.78, 5) is 28.5. The third-order valence-electron chi connectivity index (χ3n) is 3.59. The van der Waals surface area contributed by atoms with Gasteiger partial charge in [-0.05, 0) is 43.2 Å². The number of amides is 2. The van der Waals surface area contributed by atoms with E-state index in [9.17, 15) is 9.59 Å². The summed E-state index contributed by atoms with van der Waals surface area (Å²) >= 11 is 1.42. The zero-order valence-corrected chi connectivity index (χ0v) is 14.2. The average Bonchev–Trinajstić information content (AvgIpc) is 2.94. The molecule has 3 rings (SSSR count). The number of hydrogen-bond acceptors (Lipinski definition) is 4. The first-order valence-corrected chi connectivity index (χ1v) is 8.35. The van der Waals surface area contributed by atoms with Gasteiger partial charge < -0.3 is 10.6 Å². The summed E-state index contributed by atoms with van der Waals surface area (Å²) in [6.45, 7) is 3.78. The second kappa shape index (κ2) is 6.80. The van der Waals surface area contributed by atoms with Gasteiger partial charge >= 0.3 is 0 Å². The molecular formula is C18H17N3O2S. The van der Waals surface area contributed by atoms with Gasteiger partial charge in [-0.1, -0.05) is 35.6 Å². The maximum atomic E-state index is 12.1. The fraction of sp³-hybridized carbons (Fsp3) is 0.167. The maximum Gasteiger partial charge on any atom is 0.251 e. The van der Waals surface area contributed by atoms with Crippen LogP contribution in [-0.4, -0.2) is 23.3 Å². The number of nitrogens with one attached hydrogen (secondary N) is 2. The Morgan fingerprint density at radius 3 is 2.71 bits per heavy atom. The van der Waals surface area contributed by atoms with Crippen molar-refractivity contribution < 1.29 is 9.59 Å². The molecule has 1 heterocycles. The summed E-state index contributed by atoms with van der Waals surface area (Å²) in [6.07, 6.45) is 0. The van der Waals surface area contributed by atoms with Gasteiger partial charge in [-0.25, -0.2) is 4.98 Å². The van der Waals surface area contributed by atoms with E-state index in [2.05, 4.69) is 15.6 Å². The van der Waals surface area contributed by atoms with Crippen molar-refractivity contribution in [3.05, 3.63) is 59.2 Å². The highest BCUT2D eigenvalue weighted by atomic mass is 32.1. The first kappa shape index (κ1) is 16.1. The molecule has 3 aromatic rings. The summed E-state index contributed by atoms with van der Waals surface area (Å²) in [6, 6.07) is 13.2. The Morgan fingerprint density at radius 2 is 1.92 bits per heavy atom. The number of nitrogens with zero attached hydrogens (tertiary/aromatic N) is 1. The third kappa shape index (κ3) is 3.60. The molecule has 1 aromatic heterocycles. The molecule has 0 aliphatic carbocycles. The van der Waals surface area contributed by atoms with E-state index in [1.54, 1.807) is 12.1 Å². The minimum atomic E-state index is -0.298. The highest BCUT2D eigenvalue weighted by molar-refractivity contribution is 7.22. The first-order valence-electron chi connectivity index (χ1n) is 7.54. The van der Waals surface area contributed by atoms with E-state index < -0.39 is 0 Å². The Hall–Kier alpha value is -2.73. The molecule has 0 unspecified atom stereocenters. The second-order valence-electron chi connectivity index (χ2n) is 5.54. The molecule has 2 amide bonds. The molecule has 0 saturated carbocycles. The standard InChI is InChI=1S/C18H17N3O2S/c1-11-7-8-14-15(9-11)24-18(20-14)21-16(22)10-19-17(23)13-6-4-3-5-12(13)2/h3-9H,10H2,1-2H3,(H,19,23)(H,20,21,22). The lowest BCUT2D eigenvalue weighted by atomic mass is 10.1. The number of aryl methyl sites for hydroxylation is 2. The van der Waals surface area contributed by atoms with Crippen LogP contribution < -0.4 is 10.6 Å². The Bertz CT molecular complexity index is 918. The molecular weight excluding hydrogens is 322 g/mol. The van der Waals surface area contributed by atoms with Crippen LogP contribution >= 0.6 is 11.3 Å². The molecule has 5 nitrogen and oxygen atoms in total. The van der Waals surface area contributed by atoms with Crippen LogP contribution in [0.3, 0.4) is 0 Å². The normalized spacial score (nSPS) is 10.6. The number of anilines is 1. The number of rotatable bonds is 4. The van der Waals surface area contributed by atoms with Crippen molar-refractivity contribution >= 4 is 38.5 Å². The molecule has 0 aliphatic heterocycles. The predicted octanol–water partition coefficient (Wildman–Crippen LogP) is 3.28. The monoisotopic (exact) mass is 339 g/mol. The average molecular weight is 339 g/mol. The third-order valence-corrected chi connectivity index (χ3v) is 4.52. The summed E-state index contributed by atoms with van der Waals surface area (Å²) in [5, 5.41) is 5.89. The van der Waals surface area contributed by atoms with Gasteiger partial charge in [0.1, 0.15) is 0 Å². The molecule has 2 aromatic carbocycles. The van der Waals surface area contributed by atoms with Gasteiger partial charge in [-0.15, -0.1) is 0 Å². The second-order valence-corrected chi connectivity index (χ2v) is 6.57. The van der Waals surface area contributed by atoms with E-state index >= 15 is 0 Å². The van der Waals surface area contributed by atoms with Crippen molar-refractivity contribution in [1.82, 2.24) is 10.3 Å². The molecule has 6 heteroatoms. The van der Waals surface area contributed by atoms with Gasteiger partial charge in [-0.3, -0.25) is 9.59 Å². The molecule has 0 saturated heterocycles. The van der Waals surface area contributed by atoms with Gasteiger partial charge in [0, 0.05) is 5.56 Å². The van der Waals surface area contributed by atoms with Crippen LogP contribution in [-0.2, 0) is 4.79 Å². The van der Waals surface area contributed by atoms with E-state index in [1.807, 2.05) is 44.2 Å². The Morgan fingerprint density at radius 1 is 1.12 bits per heavy atom. The summed E-state index contributed by atoms with van der Waals surface area (Å²) < 4.78 is 1.02. The smallest absolute Gasteiger partial charge is 0.251 e. The zero-order chi connectivity index (χ0) is 17.1. The maximum absolute atomic E-state index is 12.1. The van der Waals surface area contributed by atoms with Gasteiger partial charge in [0.15, 0.2) is 5.13 Å². The topological polar surface area (TPSA) is 71.1 Å². The summed E-state index contributed by atoms with van der Waals surface area (Å²) in [5.74, 6) is -0.559. The molecule has 2 N–H and O–H groups in total. The van der Waals surface area contributed by atoms with Crippen LogP contribution in [0.25, 0.3) is 10.2 Å². The molecule has 0 atom stereocenters. The van der Waals surface area contributed by atoms with Crippen molar-refractivity contribution in [1.29, 1.82) is 0 Å². The van der Waals surface area contributed by atoms with E-state index in [4.69, 9.17) is 0 Å². The molecule has 24 heavy (non-hydrogen) atoms. The number of carbonyl (C=O) groups excluding carboxylic acids is 2. The van der Waals surface area contributed by atoms with Crippen LogP contribution in [0, 0.1) is 13.8 Å². The molecule has 0 spiro atoms. The largest absolute Gasteiger partial charge is 0.343 e. The van der Waals surface area contributed by atoms with Crippen molar-refractivity contribution in [2.75, 3.05) is 11.9 Å². The molecule has 0 bridgehead atoms. The van der Waals surface area contributed by atoms with E-state index in [0.717, 1.165) is 21.3 Å². The van der Waals surface area contributed by atoms with Crippen LogP contribution in [0.15, 0.2) is 42.5 Å². The predicted molar refractivity (Wildman–Crippen MR) is 96.5 cm³/mol. The number of aromatic nitrogens is 1. The van der Waals surface area contributed by atoms with Gasteiger partial charge in [0.05, 0.1) is 16.8 Å². The molecule has 122 valence electrons. The quantitative estimate of drug-likeness (QED) is 0.766. The van der Waals surface area contributed by atoms with Crippen molar-refractivity contribution in [3.8, 4) is 0 Å². The van der Waals surface area contributed by atoms with Crippen LogP contribution in [0.2, 0.25) is 0 Å². The van der Waals surface area contributed by atoms with Crippen LogP contribution in [0.5, 0.6) is 0 Å². The fourth-order valence-electron chi connectivity index (χ4n) is 2.33. The number of carbonyl (C=O) groups is 2. The SMILES string of the molecule is Cc1ccc2nc(NC(=O)CNC(=O)c3ccccc3C)sc2c1. The van der Waals surface area contributed by atoms with Gasteiger partial charge in [0.25, 0.3) is 5.91 Å². The van der Waals surface area contributed by atoms with E-state index in [-0.39, 0.29) is 18.4 Å². The van der Waals surface area contributed by atoms with E-state index in [0.29, 0.717) is 10.7 Å². The lowest BCUT2D eigenvalue weighted by Crippen LogP contribution is -2.33. The van der Waals surface area contributed by atoms with Crippen molar-refractivity contribution in [2.45, 2.75) is 13.8 Å². The lowest BCUT2D eigenvalue weighted by Gasteiger charge is -2.07. The van der Waals surface area contributed by atoms with E-state index in [1.165, 1.54) is 11.3 Å². The highest BCUT2D eigenvalue weighted by Gasteiger charge is 2.11. The molecule has 0 fully saturated rings. The van der Waals surface area contributed by atoms with Crippen molar-refractivity contribution in [2.24, 2.45) is 0 Å². The van der Waals surface area contributed by atoms with Gasteiger partial charge in [-0.2, -0.15) is 0 Å². The Balaban J connectivity index is 1.61. The number of hydrogen-bond donors (Lipinski definition) is 2. The van der Waals surface area contributed by atoms with Crippen molar-refractivity contribution in [3.63, 3.8) is 0 Å². The minimum absolute atomic E-state index is 0.0951. The van der Waals surface area contributed by atoms with Crippen LogP contribution in [0.4, 0.5) is 5.13 Å². The Labute approximate surface area is 143 Å². The number of benzene rings is 2. The molecule has 0 aliphatic rings.